The lowest BCUT2D eigenvalue weighted by Crippen LogP contribution is -2.30. The number of amides is 2. The quantitative estimate of drug-likeness (QED) is 0.726. The third-order valence-electron chi connectivity index (χ3n) is 3.37. The minimum atomic E-state index is -0.499. The van der Waals surface area contributed by atoms with E-state index in [4.69, 9.17) is 4.74 Å². The highest BCUT2D eigenvalue weighted by Crippen LogP contribution is 2.24. The van der Waals surface area contributed by atoms with E-state index in [1.807, 2.05) is 30.3 Å². The number of carbonyl (C=O) groups is 3. The molecule has 0 saturated heterocycles. The van der Waals surface area contributed by atoms with Crippen molar-refractivity contribution in [1.29, 1.82) is 0 Å². The van der Waals surface area contributed by atoms with Gasteiger partial charge in [0.05, 0.1) is 28.4 Å². The number of rotatable bonds is 7. The molecule has 0 aliphatic heterocycles. The zero-order valence-corrected chi connectivity index (χ0v) is 15.8. The molecule has 2 rings (SSSR count). The van der Waals surface area contributed by atoms with Crippen LogP contribution in [0.2, 0.25) is 0 Å². The fourth-order valence-electron chi connectivity index (χ4n) is 2.35. The number of hydrogen-bond donors (Lipinski definition) is 2. The molecular weight excluding hydrogens is 352 g/mol. The van der Waals surface area contributed by atoms with Crippen molar-refractivity contribution in [1.82, 2.24) is 5.32 Å². The topological polar surface area (TPSA) is 84.5 Å². The summed E-state index contributed by atoms with van der Waals surface area (Å²) < 4.78 is 5.20. The van der Waals surface area contributed by atoms with Crippen molar-refractivity contribution in [3.8, 4) is 0 Å². The molecule has 2 amide bonds. The first kappa shape index (κ1) is 19.7. The predicted molar refractivity (Wildman–Crippen MR) is 101 cm³/mol. The van der Waals surface area contributed by atoms with E-state index in [1.54, 1.807) is 26.0 Å². The fraction of sp³-hybridized carbons (Fsp3) is 0.316. The lowest BCUT2D eigenvalue weighted by atomic mass is 10.0. The van der Waals surface area contributed by atoms with Crippen molar-refractivity contribution in [2.45, 2.75) is 39.3 Å². The molecule has 2 aromatic rings. The third-order valence-corrected chi connectivity index (χ3v) is 4.37. The summed E-state index contributed by atoms with van der Waals surface area (Å²) in [5.41, 5.74) is 0.820. The van der Waals surface area contributed by atoms with Gasteiger partial charge in [-0.2, -0.15) is 0 Å². The lowest BCUT2D eigenvalue weighted by molar-refractivity contribution is -0.148. The van der Waals surface area contributed by atoms with Crippen molar-refractivity contribution < 1.29 is 19.1 Å². The maximum atomic E-state index is 12.6. The summed E-state index contributed by atoms with van der Waals surface area (Å²) >= 11 is 1.18. The Morgan fingerprint density at radius 1 is 1.08 bits per heavy atom. The number of thiophene rings is 1. The van der Waals surface area contributed by atoms with Crippen LogP contribution in [0.25, 0.3) is 0 Å². The molecular formula is C19H22N2O4S. The van der Waals surface area contributed by atoms with Crippen LogP contribution in [-0.4, -0.2) is 23.9 Å². The van der Waals surface area contributed by atoms with Crippen molar-refractivity contribution in [2.24, 2.45) is 0 Å². The van der Waals surface area contributed by atoms with Crippen LogP contribution < -0.4 is 10.6 Å². The Kier molecular flexibility index (Phi) is 6.91. The van der Waals surface area contributed by atoms with Crippen LogP contribution >= 0.6 is 11.3 Å². The van der Waals surface area contributed by atoms with E-state index in [2.05, 4.69) is 10.6 Å². The molecule has 0 unspecified atom stereocenters. The van der Waals surface area contributed by atoms with E-state index < -0.39 is 6.04 Å². The summed E-state index contributed by atoms with van der Waals surface area (Å²) in [6.45, 7) is 4.97. The first-order chi connectivity index (χ1) is 12.3. The summed E-state index contributed by atoms with van der Waals surface area (Å²) in [7, 11) is 0. The van der Waals surface area contributed by atoms with Crippen LogP contribution in [0.3, 0.4) is 0 Å². The largest absolute Gasteiger partial charge is 0.463 e. The Balaban J connectivity index is 2.12. The first-order valence-corrected chi connectivity index (χ1v) is 9.09. The molecule has 0 fully saturated rings. The summed E-state index contributed by atoms with van der Waals surface area (Å²) in [5.74, 6) is -0.880. The molecule has 0 aliphatic rings. The van der Waals surface area contributed by atoms with Crippen LogP contribution in [0, 0.1) is 0 Å². The summed E-state index contributed by atoms with van der Waals surface area (Å²) in [4.78, 5) is 36.2. The molecule has 7 heteroatoms. The van der Waals surface area contributed by atoms with Crippen LogP contribution in [0.15, 0.2) is 42.5 Å². The van der Waals surface area contributed by atoms with E-state index in [1.165, 1.54) is 18.3 Å². The summed E-state index contributed by atoms with van der Waals surface area (Å²) in [6.07, 6.45) is -0.176. The molecule has 1 aromatic carbocycles. The number of carbonyl (C=O) groups excluding carboxylic acids is 3. The molecule has 6 nitrogen and oxygen atoms in total. The van der Waals surface area contributed by atoms with E-state index in [0.717, 1.165) is 5.56 Å². The Morgan fingerprint density at radius 3 is 2.38 bits per heavy atom. The predicted octanol–water partition coefficient (Wildman–Crippen LogP) is 3.52. The summed E-state index contributed by atoms with van der Waals surface area (Å²) in [6, 6.07) is 12.1. The van der Waals surface area contributed by atoms with Gasteiger partial charge in [0.2, 0.25) is 5.91 Å². The minimum absolute atomic E-state index is 0.0395. The van der Waals surface area contributed by atoms with Gasteiger partial charge in [0.25, 0.3) is 5.91 Å². The van der Waals surface area contributed by atoms with Gasteiger partial charge in [-0.1, -0.05) is 30.3 Å². The minimum Gasteiger partial charge on any atom is -0.463 e. The molecule has 1 heterocycles. The van der Waals surface area contributed by atoms with Crippen molar-refractivity contribution >= 4 is 34.1 Å². The SMILES string of the molecule is CC(=O)Nc1ccc(C(=O)N[C@@H](CC(=O)OC(C)C)c2ccccc2)s1. The van der Waals surface area contributed by atoms with Gasteiger partial charge in [-0.15, -0.1) is 11.3 Å². The molecule has 0 saturated carbocycles. The monoisotopic (exact) mass is 374 g/mol. The molecule has 0 bridgehead atoms. The number of benzene rings is 1. The van der Waals surface area contributed by atoms with E-state index >= 15 is 0 Å². The highest BCUT2D eigenvalue weighted by atomic mass is 32.1. The Morgan fingerprint density at radius 2 is 1.77 bits per heavy atom. The van der Waals surface area contributed by atoms with Gasteiger partial charge in [-0.3, -0.25) is 14.4 Å². The second-order valence-corrected chi connectivity index (χ2v) is 7.11. The van der Waals surface area contributed by atoms with Crippen LogP contribution in [-0.2, 0) is 14.3 Å². The maximum Gasteiger partial charge on any atom is 0.308 e. The molecule has 0 spiro atoms. The Bertz CT molecular complexity index is 771. The molecule has 26 heavy (non-hydrogen) atoms. The standard InChI is InChI=1S/C19H22N2O4S/c1-12(2)25-18(23)11-15(14-7-5-4-6-8-14)21-19(24)16-9-10-17(26-16)20-13(3)22/h4-10,12,15H,11H2,1-3H3,(H,20,22)(H,21,24)/t15-/m0/s1. The van der Waals surface area contributed by atoms with Gasteiger partial charge in [-0.05, 0) is 31.5 Å². The second-order valence-electron chi connectivity index (χ2n) is 6.02. The van der Waals surface area contributed by atoms with Crippen molar-refractivity contribution in [3.63, 3.8) is 0 Å². The van der Waals surface area contributed by atoms with Crippen LogP contribution in [0.4, 0.5) is 5.00 Å². The maximum absolute atomic E-state index is 12.6. The number of hydrogen-bond acceptors (Lipinski definition) is 5. The number of anilines is 1. The molecule has 1 aromatic heterocycles. The lowest BCUT2D eigenvalue weighted by Gasteiger charge is -2.19. The van der Waals surface area contributed by atoms with Gasteiger partial charge in [0.1, 0.15) is 0 Å². The molecule has 0 aliphatic carbocycles. The molecule has 2 N–H and O–H groups in total. The zero-order valence-electron chi connectivity index (χ0n) is 14.9. The zero-order chi connectivity index (χ0) is 19.1. The Hall–Kier alpha value is -2.67. The smallest absolute Gasteiger partial charge is 0.308 e. The van der Waals surface area contributed by atoms with Gasteiger partial charge < -0.3 is 15.4 Å². The molecule has 1 atom stereocenters. The number of esters is 1. The van der Waals surface area contributed by atoms with Crippen molar-refractivity contribution in [2.75, 3.05) is 5.32 Å². The average molecular weight is 374 g/mol. The van der Waals surface area contributed by atoms with Gasteiger partial charge >= 0.3 is 5.97 Å². The van der Waals surface area contributed by atoms with Crippen LogP contribution in [0.1, 0.15) is 48.5 Å². The molecule has 138 valence electrons. The second kappa shape index (κ2) is 9.15. The van der Waals surface area contributed by atoms with Gasteiger partial charge in [-0.25, -0.2) is 0 Å². The van der Waals surface area contributed by atoms with E-state index in [0.29, 0.717) is 9.88 Å². The van der Waals surface area contributed by atoms with Crippen LogP contribution in [0.5, 0.6) is 0 Å². The van der Waals surface area contributed by atoms with Gasteiger partial charge in [0.15, 0.2) is 0 Å². The van der Waals surface area contributed by atoms with E-state index in [9.17, 15) is 14.4 Å². The highest BCUT2D eigenvalue weighted by molar-refractivity contribution is 7.18. The summed E-state index contributed by atoms with van der Waals surface area (Å²) in [5, 5.41) is 6.12. The molecule has 0 radical (unpaired) electrons. The first-order valence-electron chi connectivity index (χ1n) is 8.28. The van der Waals surface area contributed by atoms with E-state index in [-0.39, 0.29) is 30.3 Å². The fourth-order valence-corrected chi connectivity index (χ4v) is 3.20. The highest BCUT2D eigenvalue weighted by Gasteiger charge is 2.21. The Labute approximate surface area is 156 Å². The number of nitrogens with one attached hydrogen (secondary N) is 2. The normalized spacial score (nSPS) is 11.7. The number of ether oxygens (including phenoxy) is 1. The average Bonchev–Trinajstić information content (AvgIpc) is 3.02. The van der Waals surface area contributed by atoms with Crippen molar-refractivity contribution in [3.05, 3.63) is 52.9 Å². The van der Waals surface area contributed by atoms with Gasteiger partial charge in [0, 0.05) is 6.92 Å². The third kappa shape index (κ3) is 6.00.